The van der Waals surface area contributed by atoms with Gasteiger partial charge < -0.3 is 10.1 Å². The summed E-state index contributed by atoms with van der Waals surface area (Å²) in [6.07, 6.45) is 0. The smallest absolute Gasteiger partial charge is 0.262 e. The molecule has 0 atom stereocenters. The number of para-hydroxylation sites is 1. The lowest BCUT2D eigenvalue weighted by Gasteiger charge is -2.12. The quantitative estimate of drug-likeness (QED) is 0.507. The second-order valence-electron chi connectivity index (χ2n) is 6.31. The van der Waals surface area contributed by atoms with E-state index in [9.17, 15) is 13.2 Å². The van der Waals surface area contributed by atoms with Gasteiger partial charge in [0.25, 0.3) is 15.9 Å². The Hall–Kier alpha value is -2.74. The molecule has 0 radical (unpaired) electrons. The lowest BCUT2D eigenvalue weighted by Crippen LogP contribution is -2.21. The molecule has 6 nitrogen and oxygen atoms in total. The lowest BCUT2D eigenvalue weighted by atomic mass is 10.2. The van der Waals surface area contributed by atoms with Crippen LogP contribution in [-0.2, 0) is 14.8 Å². The summed E-state index contributed by atoms with van der Waals surface area (Å²) < 4.78 is 32.9. The van der Waals surface area contributed by atoms with E-state index in [1.54, 1.807) is 55.5 Å². The van der Waals surface area contributed by atoms with Gasteiger partial charge in [-0.1, -0.05) is 47.5 Å². The van der Waals surface area contributed by atoms with Gasteiger partial charge in [0.15, 0.2) is 6.61 Å². The third kappa shape index (κ3) is 5.44. The van der Waals surface area contributed by atoms with Gasteiger partial charge in [0.1, 0.15) is 5.75 Å². The van der Waals surface area contributed by atoms with Crippen LogP contribution in [0.2, 0.25) is 10.0 Å². The van der Waals surface area contributed by atoms with Gasteiger partial charge in [0.05, 0.1) is 9.92 Å². The van der Waals surface area contributed by atoms with Crippen molar-refractivity contribution in [1.82, 2.24) is 0 Å². The number of hydrogen-bond donors (Lipinski definition) is 2. The van der Waals surface area contributed by atoms with Gasteiger partial charge >= 0.3 is 0 Å². The first-order valence-electron chi connectivity index (χ1n) is 8.81. The fourth-order valence-electron chi connectivity index (χ4n) is 2.56. The van der Waals surface area contributed by atoms with Crippen molar-refractivity contribution in [3.8, 4) is 5.75 Å². The number of anilines is 2. The molecule has 0 bridgehead atoms. The summed E-state index contributed by atoms with van der Waals surface area (Å²) in [5.41, 5.74) is 1.75. The number of hydrogen-bond acceptors (Lipinski definition) is 4. The maximum atomic E-state index is 12.5. The van der Waals surface area contributed by atoms with Crippen LogP contribution in [0.4, 0.5) is 11.4 Å². The molecule has 30 heavy (non-hydrogen) atoms. The predicted molar refractivity (Wildman–Crippen MR) is 119 cm³/mol. The van der Waals surface area contributed by atoms with Crippen LogP contribution in [0, 0.1) is 6.92 Å². The molecule has 9 heteroatoms. The van der Waals surface area contributed by atoms with E-state index < -0.39 is 15.9 Å². The van der Waals surface area contributed by atoms with Crippen LogP contribution in [0.25, 0.3) is 0 Å². The molecular weight excluding hydrogens is 447 g/mol. The van der Waals surface area contributed by atoms with Gasteiger partial charge in [-0.3, -0.25) is 9.52 Å². The zero-order valence-electron chi connectivity index (χ0n) is 15.9. The first-order chi connectivity index (χ1) is 14.3. The second-order valence-corrected chi connectivity index (χ2v) is 8.81. The molecule has 0 fully saturated rings. The normalized spacial score (nSPS) is 11.0. The molecule has 0 unspecified atom stereocenters. The number of amides is 1. The third-order valence-corrected chi connectivity index (χ3v) is 6.22. The monoisotopic (exact) mass is 464 g/mol. The zero-order chi connectivity index (χ0) is 21.7. The Labute approximate surface area is 184 Å². The molecule has 1 amide bonds. The molecule has 0 heterocycles. The van der Waals surface area contributed by atoms with Crippen LogP contribution in [0.1, 0.15) is 5.56 Å². The second kappa shape index (κ2) is 9.38. The molecular formula is C21H18Cl2N2O4S. The summed E-state index contributed by atoms with van der Waals surface area (Å²) in [7, 11) is -3.82. The SMILES string of the molecule is Cc1c(Cl)cccc1NC(=O)COc1ccc(S(=O)(=O)Nc2ccccc2)cc1Cl. The highest BCUT2D eigenvalue weighted by Gasteiger charge is 2.17. The van der Waals surface area contributed by atoms with Crippen molar-refractivity contribution >= 4 is 50.5 Å². The van der Waals surface area contributed by atoms with E-state index >= 15 is 0 Å². The van der Waals surface area contributed by atoms with E-state index in [1.165, 1.54) is 18.2 Å². The van der Waals surface area contributed by atoms with Crippen LogP contribution in [0.3, 0.4) is 0 Å². The molecule has 0 aliphatic rings. The highest BCUT2D eigenvalue weighted by atomic mass is 35.5. The Bertz CT molecular complexity index is 1170. The molecule has 0 saturated heterocycles. The first-order valence-corrected chi connectivity index (χ1v) is 11.1. The molecule has 3 aromatic carbocycles. The average molecular weight is 465 g/mol. The van der Waals surface area contributed by atoms with Crippen molar-refractivity contribution in [2.24, 2.45) is 0 Å². The number of halogens is 2. The molecule has 0 aliphatic carbocycles. The third-order valence-electron chi connectivity index (χ3n) is 4.14. The average Bonchev–Trinajstić information content (AvgIpc) is 2.71. The van der Waals surface area contributed by atoms with Crippen LogP contribution in [-0.4, -0.2) is 20.9 Å². The maximum absolute atomic E-state index is 12.5. The molecule has 0 spiro atoms. The Kier molecular flexibility index (Phi) is 6.87. The van der Waals surface area contributed by atoms with Gasteiger partial charge in [-0.2, -0.15) is 0 Å². The van der Waals surface area contributed by atoms with Gasteiger partial charge in [-0.05, 0) is 55.0 Å². The Morgan fingerprint density at radius 1 is 0.967 bits per heavy atom. The van der Waals surface area contributed by atoms with E-state index in [4.69, 9.17) is 27.9 Å². The van der Waals surface area contributed by atoms with E-state index in [2.05, 4.69) is 10.0 Å². The van der Waals surface area contributed by atoms with E-state index in [-0.39, 0.29) is 22.3 Å². The fraction of sp³-hybridized carbons (Fsp3) is 0.0952. The number of rotatable bonds is 7. The van der Waals surface area contributed by atoms with Crippen LogP contribution >= 0.6 is 23.2 Å². The molecule has 3 aromatic rings. The Morgan fingerprint density at radius 3 is 2.40 bits per heavy atom. The largest absolute Gasteiger partial charge is 0.482 e. The summed E-state index contributed by atoms with van der Waals surface area (Å²) in [5, 5.41) is 3.31. The van der Waals surface area contributed by atoms with Crippen molar-refractivity contribution < 1.29 is 17.9 Å². The van der Waals surface area contributed by atoms with Gasteiger partial charge in [-0.25, -0.2) is 8.42 Å². The number of nitrogens with one attached hydrogen (secondary N) is 2. The summed E-state index contributed by atoms with van der Waals surface area (Å²) in [4.78, 5) is 12.1. The van der Waals surface area contributed by atoms with E-state index in [0.29, 0.717) is 16.4 Å². The van der Waals surface area contributed by atoms with E-state index in [1.807, 2.05) is 0 Å². The van der Waals surface area contributed by atoms with Gasteiger partial charge in [0, 0.05) is 16.4 Å². The number of carbonyl (C=O) groups excluding carboxylic acids is 1. The van der Waals surface area contributed by atoms with Crippen molar-refractivity contribution in [3.63, 3.8) is 0 Å². The van der Waals surface area contributed by atoms with Gasteiger partial charge in [-0.15, -0.1) is 0 Å². The van der Waals surface area contributed by atoms with Crippen molar-refractivity contribution in [2.45, 2.75) is 11.8 Å². The summed E-state index contributed by atoms with van der Waals surface area (Å²) in [6, 6.07) is 17.7. The molecule has 0 aliphatic heterocycles. The summed E-state index contributed by atoms with van der Waals surface area (Å²) in [6.45, 7) is 1.48. The van der Waals surface area contributed by atoms with Gasteiger partial charge in [0.2, 0.25) is 0 Å². The van der Waals surface area contributed by atoms with Crippen LogP contribution in [0.15, 0.2) is 71.6 Å². The van der Waals surface area contributed by atoms with E-state index in [0.717, 1.165) is 5.56 Å². The highest BCUT2D eigenvalue weighted by Crippen LogP contribution is 2.28. The van der Waals surface area contributed by atoms with Crippen LogP contribution < -0.4 is 14.8 Å². The highest BCUT2D eigenvalue weighted by molar-refractivity contribution is 7.92. The minimum atomic E-state index is -3.82. The molecule has 156 valence electrons. The predicted octanol–water partition coefficient (Wildman–Crippen LogP) is 5.12. The molecule has 2 N–H and O–H groups in total. The maximum Gasteiger partial charge on any atom is 0.262 e. The molecule has 0 saturated carbocycles. The first kappa shape index (κ1) is 22.0. The standard InChI is InChI=1S/C21H18Cl2N2O4S/c1-14-17(22)8-5-9-19(14)24-21(26)13-29-20-11-10-16(12-18(20)23)30(27,28)25-15-6-3-2-4-7-15/h2-12,25H,13H2,1H3,(H,24,26). The van der Waals surface area contributed by atoms with Crippen molar-refractivity contribution in [3.05, 3.63) is 82.3 Å². The fourth-order valence-corrected chi connectivity index (χ4v) is 4.12. The Balaban J connectivity index is 1.65. The summed E-state index contributed by atoms with van der Waals surface area (Å²) in [5.74, 6) is -0.216. The number of benzene rings is 3. The van der Waals surface area contributed by atoms with Crippen molar-refractivity contribution in [1.29, 1.82) is 0 Å². The number of carbonyl (C=O) groups is 1. The molecule has 0 aromatic heterocycles. The molecule has 3 rings (SSSR count). The van der Waals surface area contributed by atoms with Crippen molar-refractivity contribution in [2.75, 3.05) is 16.6 Å². The number of ether oxygens (including phenoxy) is 1. The summed E-state index contributed by atoms with van der Waals surface area (Å²) >= 11 is 12.2. The Morgan fingerprint density at radius 2 is 1.70 bits per heavy atom. The minimum Gasteiger partial charge on any atom is -0.482 e. The number of sulfonamides is 1. The topological polar surface area (TPSA) is 84.5 Å². The lowest BCUT2D eigenvalue weighted by molar-refractivity contribution is -0.118. The minimum absolute atomic E-state index is 0.0253. The van der Waals surface area contributed by atoms with Crippen LogP contribution in [0.5, 0.6) is 5.75 Å². The zero-order valence-corrected chi connectivity index (χ0v) is 18.2.